The van der Waals surface area contributed by atoms with E-state index in [0.29, 0.717) is 5.69 Å². The standard InChI is InChI=1S/C31H37N3O4S/c1-24-18-20-29(21-19-24)39(37,38)34(28-16-10-5-11-17-28)23-30(35)33(22-26-12-6-3-7-13-26)25(2)31(36)32-27-14-8-4-9-15-27/h3,5-7,10-13,16-21,25,27H,4,8-9,14-15,22-23H2,1-2H3,(H,32,36). The summed E-state index contributed by atoms with van der Waals surface area (Å²) >= 11 is 0. The zero-order chi connectivity index (χ0) is 27.8. The van der Waals surface area contributed by atoms with Gasteiger partial charge in [0.1, 0.15) is 12.6 Å². The molecule has 8 heteroatoms. The molecule has 0 saturated heterocycles. The van der Waals surface area contributed by atoms with E-state index in [1.165, 1.54) is 11.3 Å². The van der Waals surface area contributed by atoms with Crippen LogP contribution in [0.3, 0.4) is 0 Å². The van der Waals surface area contributed by atoms with Gasteiger partial charge < -0.3 is 10.2 Å². The molecule has 0 spiro atoms. The van der Waals surface area contributed by atoms with Crippen molar-refractivity contribution in [3.05, 3.63) is 96.1 Å². The zero-order valence-electron chi connectivity index (χ0n) is 22.6. The number of nitrogens with one attached hydrogen (secondary N) is 1. The first kappa shape index (κ1) is 28.4. The maximum Gasteiger partial charge on any atom is 0.264 e. The second-order valence-electron chi connectivity index (χ2n) is 10.2. The number of para-hydroxylation sites is 1. The van der Waals surface area contributed by atoms with E-state index >= 15 is 0 Å². The van der Waals surface area contributed by atoms with Gasteiger partial charge in [0, 0.05) is 12.6 Å². The van der Waals surface area contributed by atoms with Gasteiger partial charge in [0.05, 0.1) is 10.6 Å². The van der Waals surface area contributed by atoms with Gasteiger partial charge in [0.15, 0.2) is 0 Å². The number of carbonyl (C=O) groups is 2. The van der Waals surface area contributed by atoms with Crippen LogP contribution < -0.4 is 9.62 Å². The lowest BCUT2D eigenvalue weighted by atomic mass is 9.95. The topological polar surface area (TPSA) is 86.8 Å². The summed E-state index contributed by atoms with van der Waals surface area (Å²) in [5.74, 6) is -0.677. The summed E-state index contributed by atoms with van der Waals surface area (Å²) in [7, 11) is -4.06. The highest BCUT2D eigenvalue weighted by Gasteiger charge is 2.33. The van der Waals surface area contributed by atoms with Crippen LogP contribution in [0.25, 0.3) is 0 Å². The smallest absolute Gasteiger partial charge is 0.264 e. The molecule has 1 saturated carbocycles. The largest absolute Gasteiger partial charge is 0.352 e. The SMILES string of the molecule is Cc1ccc(S(=O)(=O)N(CC(=O)N(Cc2ccccc2)C(C)C(=O)NC2CCCCC2)c2ccccc2)cc1. The van der Waals surface area contributed by atoms with Crippen LogP contribution in [0.15, 0.2) is 89.8 Å². The van der Waals surface area contributed by atoms with Gasteiger partial charge in [-0.15, -0.1) is 0 Å². The summed E-state index contributed by atoms with van der Waals surface area (Å²) in [6.07, 6.45) is 5.19. The molecule has 0 aromatic heterocycles. The summed E-state index contributed by atoms with van der Waals surface area (Å²) in [6, 6.07) is 23.9. The number of aryl methyl sites for hydroxylation is 1. The second-order valence-corrected chi connectivity index (χ2v) is 12.0. The Bertz CT molecular complexity index is 1340. The Balaban J connectivity index is 1.64. The molecule has 2 amide bonds. The van der Waals surface area contributed by atoms with Crippen molar-refractivity contribution in [2.75, 3.05) is 10.8 Å². The quantitative estimate of drug-likeness (QED) is 0.385. The number of carbonyl (C=O) groups excluding carboxylic acids is 2. The lowest BCUT2D eigenvalue weighted by Gasteiger charge is -2.33. The van der Waals surface area contributed by atoms with Crippen molar-refractivity contribution in [1.29, 1.82) is 0 Å². The number of hydrogen-bond acceptors (Lipinski definition) is 4. The number of nitrogens with zero attached hydrogens (tertiary/aromatic N) is 2. The Kier molecular flexibility index (Phi) is 9.41. The summed E-state index contributed by atoms with van der Waals surface area (Å²) in [5.41, 5.74) is 2.17. The van der Waals surface area contributed by atoms with Crippen LogP contribution in [0.4, 0.5) is 5.69 Å². The van der Waals surface area contributed by atoms with Crippen LogP contribution in [0.1, 0.15) is 50.2 Å². The molecule has 206 valence electrons. The molecule has 1 fully saturated rings. The van der Waals surface area contributed by atoms with Crippen LogP contribution in [0, 0.1) is 6.92 Å². The Morgan fingerprint density at radius 3 is 2.08 bits per heavy atom. The molecule has 0 aliphatic heterocycles. The molecule has 1 aliphatic rings. The van der Waals surface area contributed by atoms with E-state index in [9.17, 15) is 18.0 Å². The number of benzene rings is 3. The van der Waals surface area contributed by atoms with E-state index in [2.05, 4.69) is 5.32 Å². The minimum absolute atomic E-state index is 0.0995. The molecule has 0 radical (unpaired) electrons. The third-order valence-electron chi connectivity index (χ3n) is 7.25. The summed E-state index contributed by atoms with van der Waals surface area (Å²) in [4.78, 5) is 28.8. The lowest BCUT2D eigenvalue weighted by Crippen LogP contribution is -2.53. The molecular formula is C31H37N3O4S. The molecule has 4 rings (SSSR count). The molecule has 7 nitrogen and oxygen atoms in total. The zero-order valence-corrected chi connectivity index (χ0v) is 23.4. The predicted octanol–water partition coefficient (Wildman–Crippen LogP) is 5.06. The first-order valence-corrected chi connectivity index (χ1v) is 15.0. The van der Waals surface area contributed by atoms with Gasteiger partial charge in [-0.3, -0.25) is 13.9 Å². The molecule has 39 heavy (non-hydrogen) atoms. The number of rotatable bonds is 10. The number of anilines is 1. The Hall–Kier alpha value is -3.65. The molecule has 1 atom stereocenters. The fourth-order valence-electron chi connectivity index (χ4n) is 4.89. The summed E-state index contributed by atoms with van der Waals surface area (Å²) in [6.45, 7) is 3.34. The van der Waals surface area contributed by atoms with Crippen LogP contribution in [0.2, 0.25) is 0 Å². The summed E-state index contributed by atoms with van der Waals surface area (Å²) < 4.78 is 28.7. The van der Waals surface area contributed by atoms with Crippen molar-refractivity contribution in [2.24, 2.45) is 0 Å². The maximum atomic E-state index is 13.9. The van der Waals surface area contributed by atoms with Crippen molar-refractivity contribution in [1.82, 2.24) is 10.2 Å². The Morgan fingerprint density at radius 2 is 1.46 bits per heavy atom. The first-order valence-electron chi connectivity index (χ1n) is 13.5. The van der Waals surface area contributed by atoms with E-state index in [1.807, 2.05) is 37.3 Å². The van der Waals surface area contributed by atoms with Crippen LogP contribution in [-0.4, -0.2) is 43.8 Å². The minimum Gasteiger partial charge on any atom is -0.352 e. The van der Waals surface area contributed by atoms with Gasteiger partial charge in [-0.05, 0) is 56.5 Å². The van der Waals surface area contributed by atoms with E-state index in [-0.39, 0.29) is 23.4 Å². The fourth-order valence-corrected chi connectivity index (χ4v) is 6.31. The van der Waals surface area contributed by atoms with Crippen molar-refractivity contribution >= 4 is 27.5 Å². The Morgan fingerprint density at radius 1 is 0.872 bits per heavy atom. The third kappa shape index (κ3) is 7.26. The van der Waals surface area contributed by atoms with E-state index in [1.54, 1.807) is 61.5 Å². The average molecular weight is 548 g/mol. The van der Waals surface area contributed by atoms with Gasteiger partial charge in [-0.1, -0.05) is 85.5 Å². The van der Waals surface area contributed by atoms with Crippen molar-refractivity contribution in [2.45, 2.75) is 69.5 Å². The highest BCUT2D eigenvalue weighted by Crippen LogP contribution is 2.25. The van der Waals surface area contributed by atoms with Crippen molar-refractivity contribution in [3.8, 4) is 0 Å². The van der Waals surface area contributed by atoms with E-state index in [0.717, 1.165) is 41.1 Å². The van der Waals surface area contributed by atoms with E-state index < -0.39 is 28.5 Å². The Labute approximate surface area is 231 Å². The number of hydrogen-bond donors (Lipinski definition) is 1. The molecule has 0 bridgehead atoms. The van der Waals surface area contributed by atoms with E-state index in [4.69, 9.17) is 0 Å². The van der Waals surface area contributed by atoms with Crippen LogP contribution in [0.5, 0.6) is 0 Å². The van der Waals surface area contributed by atoms with Gasteiger partial charge in [0.2, 0.25) is 11.8 Å². The highest BCUT2D eigenvalue weighted by molar-refractivity contribution is 7.92. The maximum absolute atomic E-state index is 13.9. The van der Waals surface area contributed by atoms with Gasteiger partial charge in [-0.2, -0.15) is 0 Å². The predicted molar refractivity (Wildman–Crippen MR) is 154 cm³/mol. The van der Waals surface area contributed by atoms with Gasteiger partial charge in [-0.25, -0.2) is 8.42 Å². The average Bonchev–Trinajstić information content (AvgIpc) is 2.96. The molecule has 3 aromatic carbocycles. The molecule has 1 N–H and O–H groups in total. The van der Waals surface area contributed by atoms with Crippen molar-refractivity contribution < 1.29 is 18.0 Å². The number of sulfonamides is 1. The highest BCUT2D eigenvalue weighted by atomic mass is 32.2. The summed E-state index contributed by atoms with van der Waals surface area (Å²) in [5, 5.41) is 3.12. The normalized spacial score (nSPS) is 14.8. The van der Waals surface area contributed by atoms with Crippen LogP contribution in [-0.2, 0) is 26.2 Å². The molecule has 0 heterocycles. The molecular weight excluding hydrogens is 510 g/mol. The fraction of sp³-hybridized carbons (Fsp3) is 0.355. The molecule has 3 aromatic rings. The molecule has 1 unspecified atom stereocenters. The van der Waals surface area contributed by atoms with Gasteiger partial charge >= 0.3 is 0 Å². The second kappa shape index (κ2) is 12.9. The van der Waals surface area contributed by atoms with Crippen molar-refractivity contribution in [3.63, 3.8) is 0 Å². The monoisotopic (exact) mass is 547 g/mol. The van der Waals surface area contributed by atoms with Crippen LogP contribution >= 0.6 is 0 Å². The molecule has 1 aliphatic carbocycles. The third-order valence-corrected chi connectivity index (χ3v) is 9.03. The first-order chi connectivity index (χ1) is 18.8. The minimum atomic E-state index is -4.06. The van der Waals surface area contributed by atoms with Gasteiger partial charge in [0.25, 0.3) is 10.0 Å². The lowest BCUT2D eigenvalue weighted by molar-refractivity contribution is -0.139. The number of amides is 2.